The highest BCUT2D eigenvalue weighted by Gasteiger charge is 2.24. The molecular weight excluding hydrogens is 327 g/mol. The predicted octanol–water partition coefficient (Wildman–Crippen LogP) is 0.272. The number of ether oxygens (including phenoxy) is 1. The average molecular weight is 352 g/mol. The minimum absolute atomic E-state index is 0.0210. The van der Waals surface area contributed by atoms with Gasteiger partial charge in [-0.2, -0.15) is 0 Å². The molecule has 7 nitrogen and oxygen atoms in total. The molecule has 8 heteroatoms. The molecule has 1 atom stereocenters. The number of methoxy groups -OCH3 is 1. The molecule has 1 aliphatic rings. The van der Waals surface area contributed by atoms with Gasteiger partial charge in [-0.15, -0.1) is 0 Å². The lowest BCUT2D eigenvalue weighted by Crippen LogP contribution is -2.51. The molecule has 0 spiro atoms. The highest BCUT2D eigenvalue weighted by molar-refractivity contribution is 5.92. The molecule has 1 unspecified atom stereocenters. The minimum atomic E-state index is -0.343. The number of benzene rings is 1. The monoisotopic (exact) mass is 352 g/mol. The maximum Gasteiger partial charge on any atom is 0.238 e. The molecular formula is C17H25FN4O3. The van der Waals surface area contributed by atoms with Crippen molar-refractivity contribution in [2.24, 2.45) is 5.73 Å². The number of hydrogen-bond donors (Lipinski definition) is 2. The molecule has 138 valence electrons. The summed E-state index contributed by atoms with van der Waals surface area (Å²) in [6, 6.07) is 5.64. The van der Waals surface area contributed by atoms with Crippen molar-refractivity contribution >= 4 is 17.5 Å². The zero-order valence-corrected chi connectivity index (χ0v) is 14.4. The van der Waals surface area contributed by atoms with Crippen LogP contribution in [0.2, 0.25) is 0 Å². The van der Waals surface area contributed by atoms with Crippen LogP contribution in [0, 0.1) is 5.82 Å². The van der Waals surface area contributed by atoms with Gasteiger partial charge in [-0.25, -0.2) is 4.39 Å². The van der Waals surface area contributed by atoms with Crippen LogP contribution in [0.4, 0.5) is 10.1 Å². The molecule has 2 amide bonds. The van der Waals surface area contributed by atoms with E-state index in [0.717, 1.165) is 0 Å². The van der Waals surface area contributed by atoms with Crippen LogP contribution in [0.25, 0.3) is 0 Å². The van der Waals surface area contributed by atoms with Gasteiger partial charge in [-0.1, -0.05) is 0 Å². The van der Waals surface area contributed by atoms with Gasteiger partial charge in [0, 0.05) is 45.5 Å². The fourth-order valence-corrected chi connectivity index (χ4v) is 2.68. The number of anilines is 1. The van der Waals surface area contributed by atoms with E-state index in [1.807, 2.05) is 4.90 Å². The molecule has 2 rings (SSSR count). The van der Waals surface area contributed by atoms with Gasteiger partial charge < -0.3 is 20.7 Å². The van der Waals surface area contributed by atoms with Gasteiger partial charge in [-0.05, 0) is 24.3 Å². The SMILES string of the molecule is COC(CN)CC(=O)N1CCN(CC(=O)Nc2ccc(F)cc2)CC1. The van der Waals surface area contributed by atoms with Crippen molar-refractivity contribution in [1.29, 1.82) is 0 Å². The number of halogens is 1. The Morgan fingerprint density at radius 3 is 2.44 bits per heavy atom. The number of nitrogens with zero attached hydrogens (tertiary/aromatic N) is 2. The zero-order valence-electron chi connectivity index (χ0n) is 14.4. The Morgan fingerprint density at radius 2 is 1.88 bits per heavy atom. The first-order chi connectivity index (χ1) is 12.0. The van der Waals surface area contributed by atoms with E-state index in [4.69, 9.17) is 10.5 Å². The summed E-state index contributed by atoms with van der Waals surface area (Å²) in [5.74, 6) is -0.481. The zero-order chi connectivity index (χ0) is 18.2. The van der Waals surface area contributed by atoms with E-state index in [1.54, 1.807) is 12.0 Å². The Balaban J connectivity index is 1.73. The highest BCUT2D eigenvalue weighted by atomic mass is 19.1. The van der Waals surface area contributed by atoms with Crippen molar-refractivity contribution in [2.75, 3.05) is 51.7 Å². The number of nitrogens with one attached hydrogen (secondary N) is 1. The number of nitrogens with two attached hydrogens (primary N) is 1. The standard InChI is InChI=1S/C17H25FN4O3/c1-25-15(11-19)10-17(24)22-8-6-21(7-9-22)12-16(23)20-14-4-2-13(18)3-5-14/h2-5,15H,6-12,19H2,1H3,(H,20,23). The molecule has 1 saturated heterocycles. The van der Waals surface area contributed by atoms with E-state index >= 15 is 0 Å². The van der Waals surface area contributed by atoms with Gasteiger partial charge in [0.2, 0.25) is 11.8 Å². The Labute approximate surface area is 146 Å². The normalized spacial score (nSPS) is 16.5. The number of carbonyl (C=O) groups excluding carboxylic acids is 2. The molecule has 1 fully saturated rings. The molecule has 1 aliphatic heterocycles. The van der Waals surface area contributed by atoms with E-state index < -0.39 is 0 Å². The third kappa shape index (κ3) is 6.08. The number of amides is 2. The molecule has 25 heavy (non-hydrogen) atoms. The molecule has 1 aromatic rings. The second-order valence-corrected chi connectivity index (χ2v) is 6.01. The molecule has 0 aromatic heterocycles. The quantitative estimate of drug-likeness (QED) is 0.736. The fraction of sp³-hybridized carbons (Fsp3) is 0.529. The lowest BCUT2D eigenvalue weighted by Gasteiger charge is -2.34. The highest BCUT2D eigenvalue weighted by Crippen LogP contribution is 2.10. The Kier molecular flexibility index (Phi) is 7.30. The van der Waals surface area contributed by atoms with Crippen LogP contribution in [-0.4, -0.2) is 74.1 Å². The Bertz CT molecular complexity index is 570. The van der Waals surface area contributed by atoms with Gasteiger partial charge in [-0.3, -0.25) is 14.5 Å². The van der Waals surface area contributed by atoms with Crippen LogP contribution in [0.5, 0.6) is 0 Å². The number of hydrogen-bond acceptors (Lipinski definition) is 5. The van der Waals surface area contributed by atoms with E-state index in [1.165, 1.54) is 24.3 Å². The van der Waals surface area contributed by atoms with Gasteiger partial charge in [0.1, 0.15) is 5.82 Å². The summed E-state index contributed by atoms with van der Waals surface area (Å²) in [6.07, 6.45) is 0.0185. The third-order valence-electron chi connectivity index (χ3n) is 4.22. The van der Waals surface area contributed by atoms with E-state index in [-0.39, 0.29) is 36.7 Å². The predicted molar refractivity (Wildman–Crippen MR) is 92.5 cm³/mol. The number of rotatable bonds is 7. The molecule has 0 radical (unpaired) electrons. The third-order valence-corrected chi connectivity index (χ3v) is 4.22. The molecule has 0 aliphatic carbocycles. The maximum absolute atomic E-state index is 12.9. The van der Waals surface area contributed by atoms with Gasteiger partial charge in [0.15, 0.2) is 0 Å². The second kappa shape index (κ2) is 9.45. The van der Waals surface area contributed by atoms with Crippen molar-refractivity contribution in [3.63, 3.8) is 0 Å². The smallest absolute Gasteiger partial charge is 0.238 e. The van der Waals surface area contributed by atoms with Gasteiger partial charge in [0.25, 0.3) is 0 Å². The Morgan fingerprint density at radius 1 is 1.24 bits per heavy atom. The fourth-order valence-electron chi connectivity index (χ4n) is 2.68. The first-order valence-corrected chi connectivity index (χ1v) is 8.30. The van der Waals surface area contributed by atoms with Crippen LogP contribution in [0.3, 0.4) is 0 Å². The van der Waals surface area contributed by atoms with Crippen molar-refractivity contribution in [3.8, 4) is 0 Å². The molecule has 1 aromatic carbocycles. The molecule has 0 bridgehead atoms. The summed E-state index contributed by atoms with van der Waals surface area (Å²) in [5.41, 5.74) is 6.10. The van der Waals surface area contributed by atoms with Crippen LogP contribution in [0.15, 0.2) is 24.3 Å². The van der Waals surface area contributed by atoms with Crippen molar-refractivity contribution in [1.82, 2.24) is 9.80 Å². The maximum atomic E-state index is 12.9. The number of carbonyl (C=O) groups is 2. The van der Waals surface area contributed by atoms with E-state index in [0.29, 0.717) is 38.4 Å². The van der Waals surface area contributed by atoms with Crippen molar-refractivity contribution in [2.45, 2.75) is 12.5 Å². The molecule has 1 heterocycles. The van der Waals surface area contributed by atoms with E-state index in [9.17, 15) is 14.0 Å². The summed E-state index contributed by atoms with van der Waals surface area (Å²) in [4.78, 5) is 28.0. The Hall–Kier alpha value is -2.03. The largest absolute Gasteiger partial charge is 0.380 e. The topological polar surface area (TPSA) is 87.9 Å². The summed E-state index contributed by atoms with van der Waals surface area (Å²) >= 11 is 0. The first-order valence-electron chi connectivity index (χ1n) is 8.30. The summed E-state index contributed by atoms with van der Waals surface area (Å²) in [6.45, 7) is 2.95. The van der Waals surface area contributed by atoms with Crippen LogP contribution >= 0.6 is 0 Å². The number of piperazine rings is 1. The lowest BCUT2D eigenvalue weighted by atomic mass is 10.2. The summed E-state index contributed by atoms with van der Waals surface area (Å²) in [7, 11) is 1.54. The second-order valence-electron chi connectivity index (χ2n) is 6.01. The van der Waals surface area contributed by atoms with Gasteiger partial charge in [0.05, 0.1) is 19.1 Å². The van der Waals surface area contributed by atoms with Crippen LogP contribution in [-0.2, 0) is 14.3 Å². The minimum Gasteiger partial charge on any atom is -0.380 e. The van der Waals surface area contributed by atoms with Gasteiger partial charge >= 0.3 is 0 Å². The summed E-state index contributed by atoms with van der Waals surface area (Å²) < 4.78 is 18.0. The van der Waals surface area contributed by atoms with Crippen molar-refractivity contribution in [3.05, 3.63) is 30.1 Å². The van der Waals surface area contributed by atoms with Crippen LogP contribution in [0.1, 0.15) is 6.42 Å². The molecule has 3 N–H and O–H groups in total. The lowest BCUT2D eigenvalue weighted by molar-refractivity contribution is -0.135. The van der Waals surface area contributed by atoms with Crippen LogP contribution < -0.4 is 11.1 Å². The van der Waals surface area contributed by atoms with Crippen molar-refractivity contribution < 1.29 is 18.7 Å². The van der Waals surface area contributed by atoms with E-state index in [2.05, 4.69) is 5.32 Å². The molecule has 0 saturated carbocycles. The summed E-state index contributed by atoms with van der Waals surface area (Å²) in [5, 5.41) is 2.73. The first kappa shape index (κ1) is 19.3. The average Bonchev–Trinajstić information content (AvgIpc) is 2.62.